The van der Waals surface area contributed by atoms with Crippen LogP contribution in [0.1, 0.15) is 30.6 Å². The van der Waals surface area contributed by atoms with E-state index in [0.29, 0.717) is 23.7 Å². The van der Waals surface area contributed by atoms with E-state index in [-0.39, 0.29) is 12.1 Å². The molecule has 0 spiro atoms. The van der Waals surface area contributed by atoms with E-state index < -0.39 is 0 Å². The number of methoxy groups -OCH3 is 2. The number of anilines is 1. The van der Waals surface area contributed by atoms with Gasteiger partial charge in [-0.05, 0) is 42.3 Å². The van der Waals surface area contributed by atoms with Crippen molar-refractivity contribution >= 4 is 11.7 Å². The number of fused-ring (bicyclic) bond motifs is 3. The minimum atomic E-state index is -0.173. The molecule has 0 saturated heterocycles. The maximum atomic E-state index is 13.4. The van der Waals surface area contributed by atoms with Crippen LogP contribution in [0.5, 0.6) is 11.5 Å². The highest BCUT2D eigenvalue weighted by atomic mass is 16.5. The molecule has 6 nitrogen and oxygen atoms in total. The molecular weight excluding hydrogens is 366 g/mol. The number of para-hydroxylation sites is 1. The van der Waals surface area contributed by atoms with Gasteiger partial charge in [0.15, 0.2) is 0 Å². The molecule has 29 heavy (non-hydrogen) atoms. The zero-order valence-electron chi connectivity index (χ0n) is 16.9. The van der Waals surface area contributed by atoms with E-state index in [4.69, 9.17) is 9.47 Å². The summed E-state index contributed by atoms with van der Waals surface area (Å²) in [5, 5.41) is 3.02. The van der Waals surface area contributed by atoms with Crippen LogP contribution in [-0.4, -0.2) is 29.7 Å². The summed E-state index contributed by atoms with van der Waals surface area (Å²) >= 11 is 0. The van der Waals surface area contributed by atoms with Crippen LogP contribution in [-0.2, 0) is 6.54 Å². The molecule has 3 aromatic rings. The first-order valence-electron chi connectivity index (χ1n) is 9.71. The molecular formula is C23H25N3O3. The molecule has 0 saturated carbocycles. The molecule has 1 N–H and O–H groups in total. The SMILES string of the molecule is CCC1c2cccn2-c2ccccc2CN1C(=O)Nc1cc(OC)ccc1OC. The number of hydrogen-bond acceptors (Lipinski definition) is 3. The normalized spacial score (nSPS) is 15.1. The zero-order valence-corrected chi connectivity index (χ0v) is 16.9. The molecule has 150 valence electrons. The lowest BCUT2D eigenvalue weighted by atomic mass is 10.1. The summed E-state index contributed by atoms with van der Waals surface area (Å²) in [7, 11) is 3.18. The lowest BCUT2D eigenvalue weighted by Gasteiger charge is -2.30. The number of ether oxygens (including phenoxy) is 2. The van der Waals surface area contributed by atoms with Crippen molar-refractivity contribution in [2.24, 2.45) is 0 Å². The third-order valence-corrected chi connectivity index (χ3v) is 5.39. The topological polar surface area (TPSA) is 55.7 Å². The van der Waals surface area contributed by atoms with E-state index in [0.717, 1.165) is 23.4 Å². The van der Waals surface area contributed by atoms with E-state index in [2.05, 4.69) is 41.2 Å². The van der Waals surface area contributed by atoms with Gasteiger partial charge in [-0.15, -0.1) is 0 Å². The van der Waals surface area contributed by atoms with E-state index in [1.807, 2.05) is 23.1 Å². The van der Waals surface area contributed by atoms with Crippen molar-refractivity contribution in [3.05, 3.63) is 72.1 Å². The van der Waals surface area contributed by atoms with Crippen LogP contribution in [0.2, 0.25) is 0 Å². The number of urea groups is 1. The highest BCUT2D eigenvalue weighted by Gasteiger charge is 2.30. The van der Waals surface area contributed by atoms with Crippen LogP contribution in [0.15, 0.2) is 60.8 Å². The van der Waals surface area contributed by atoms with Gasteiger partial charge in [0.25, 0.3) is 0 Å². The molecule has 4 rings (SSSR count). The van der Waals surface area contributed by atoms with Gasteiger partial charge in [0, 0.05) is 18.0 Å². The molecule has 1 unspecified atom stereocenters. The summed E-state index contributed by atoms with van der Waals surface area (Å²) in [6.07, 6.45) is 2.87. The van der Waals surface area contributed by atoms with Crippen molar-refractivity contribution < 1.29 is 14.3 Å². The minimum Gasteiger partial charge on any atom is -0.497 e. The molecule has 0 aliphatic carbocycles. The molecule has 1 aromatic heterocycles. The fraction of sp³-hybridized carbons (Fsp3) is 0.261. The van der Waals surface area contributed by atoms with Gasteiger partial charge in [0.05, 0.1) is 38.2 Å². The average molecular weight is 391 g/mol. The second-order valence-electron chi connectivity index (χ2n) is 6.98. The van der Waals surface area contributed by atoms with Crippen molar-refractivity contribution in [1.29, 1.82) is 0 Å². The van der Waals surface area contributed by atoms with Crippen LogP contribution < -0.4 is 14.8 Å². The summed E-state index contributed by atoms with van der Waals surface area (Å²) in [4.78, 5) is 15.3. The van der Waals surface area contributed by atoms with Crippen molar-refractivity contribution in [3.8, 4) is 17.2 Å². The first-order chi connectivity index (χ1) is 14.2. The molecule has 0 radical (unpaired) electrons. The average Bonchev–Trinajstić information content (AvgIpc) is 3.18. The Bertz CT molecular complexity index is 1030. The van der Waals surface area contributed by atoms with Crippen LogP contribution in [0.3, 0.4) is 0 Å². The summed E-state index contributed by atoms with van der Waals surface area (Å²) in [6, 6.07) is 17.5. The van der Waals surface area contributed by atoms with Crippen molar-refractivity contribution in [3.63, 3.8) is 0 Å². The van der Waals surface area contributed by atoms with Gasteiger partial charge in [0.1, 0.15) is 11.5 Å². The van der Waals surface area contributed by atoms with Gasteiger partial charge in [-0.25, -0.2) is 4.79 Å². The third kappa shape index (κ3) is 3.42. The quantitative estimate of drug-likeness (QED) is 0.681. The maximum absolute atomic E-state index is 13.4. The van der Waals surface area contributed by atoms with Gasteiger partial charge in [-0.3, -0.25) is 0 Å². The smallest absolute Gasteiger partial charge is 0.322 e. The van der Waals surface area contributed by atoms with E-state index in [9.17, 15) is 4.79 Å². The summed E-state index contributed by atoms with van der Waals surface area (Å²) in [5.74, 6) is 1.24. The number of hydrogen-bond donors (Lipinski definition) is 1. The highest BCUT2D eigenvalue weighted by molar-refractivity contribution is 5.91. The molecule has 0 bridgehead atoms. The predicted octanol–water partition coefficient (Wildman–Crippen LogP) is 4.99. The molecule has 2 aromatic carbocycles. The third-order valence-electron chi connectivity index (χ3n) is 5.39. The van der Waals surface area contributed by atoms with Crippen molar-refractivity contribution in [2.45, 2.75) is 25.9 Å². The highest BCUT2D eigenvalue weighted by Crippen LogP contribution is 2.35. The number of rotatable bonds is 4. The molecule has 1 aliphatic rings. The van der Waals surface area contributed by atoms with Crippen molar-refractivity contribution in [2.75, 3.05) is 19.5 Å². The van der Waals surface area contributed by atoms with Crippen molar-refractivity contribution in [1.82, 2.24) is 9.47 Å². The minimum absolute atomic E-state index is 0.0472. The fourth-order valence-corrected chi connectivity index (χ4v) is 3.96. The molecule has 2 amide bonds. The Morgan fingerprint density at radius 1 is 1.10 bits per heavy atom. The van der Waals surface area contributed by atoms with E-state index >= 15 is 0 Å². The first-order valence-corrected chi connectivity index (χ1v) is 9.71. The lowest BCUT2D eigenvalue weighted by molar-refractivity contribution is 0.181. The van der Waals surface area contributed by atoms with E-state index in [1.54, 1.807) is 32.4 Å². The molecule has 6 heteroatoms. The summed E-state index contributed by atoms with van der Waals surface area (Å²) in [5.41, 5.74) is 3.90. The van der Waals surface area contributed by atoms with Crippen LogP contribution >= 0.6 is 0 Å². The Kier molecular flexibility index (Phi) is 5.16. The van der Waals surface area contributed by atoms with Gasteiger partial charge < -0.3 is 24.3 Å². The molecule has 0 fully saturated rings. The number of nitrogens with zero attached hydrogens (tertiary/aromatic N) is 2. The second-order valence-corrected chi connectivity index (χ2v) is 6.98. The predicted molar refractivity (Wildman–Crippen MR) is 113 cm³/mol. The molecule has 1 aliphatic heterocycles. The Balaban J connectivity index is 1.72. The standard InChI is InChI=1S/C23H25N3O3/c1-4-19-21-10-7-13-25(21)20-9-6-5-8-16(20)15-26(19)23(27)24-18-14-17(28-2)11-12-22(18)29-3/h5-14,19H,4,15H2,1-3H3,(H,24,27). The fourth-order valence-electron chi connectivity index (χ4n) is 3.96. The number of carbonyl (C=O) groups is 1. The second kappa shape index (κ2) is 7.91. The van der Waals surface area contributed by atoms with Crippen LogP contribution in [0.25, 0.3) is 5.69 Å². The first kappa shape index (κ1) is 18.9. The molecule has 1 atom stereocenters. The summed E-state index contributed by atoms with van der Waals surface area (Å²) < 4.78 is 12.9. The monoisotopic (exact) mass is 391 g/mol. The lowest BCUT2D eigenvalue weighted by Crippen LogP contribution is -2.37. The Hall–Kier alpha value is -3.41. The Labute approximate surface area is 170 Å². The number of benzene rings is 2. The van der Waals surface area contributed by atoms with Gasteiger partial charge in [0.2, 0.25) is 0 Å². The number of nitrogens with one attached hydrogen (secondary N) is 1. The van der Waals surface area contributed by atoms with E-state index in [1.165, 1.54) is 0 Å². The van der Waals surface area contributed by atoms with Gasteiger partial charge >= 0.3 is 6.03 Å². The largest absolute Gasteiger partial charge is 0.497 e. The van der Waals surface area contributed by atoms with Crippen LogP contribution in [0, 0.1) is 0 Å². The Morgan fingerprint density at radius 3 is 2.69 bits per heavy atom. The number of aromatic nitrogens is 1. The molecule has 2 heterocycles. The Morgan fingerprint density at radius 2 is 1.93 bits per heavy atom. The van der Waals surface area contributed by atoms with Crippen LogP contribution in [0.4, 0.5) is 10.5 Å². The number of carbonyl (C=O) groups excluding carboxylic acids is 1. The zero-order chi connectivity index (χ0) is 20.4. The maximum Gasteiger partial charge on any atom is 0.322 e. The van der Waals surface area contributed by atoms with Gasteiger partial charge in [-0.1, -0.05) is 25.1 Å². The van der Waals surface area contributed by atoms with Gasteiger partial charge in [-0.2, -0.15) is 0 Å². The summed E-state index contributed by atoms with van der Waals surface area (Å²) in [6.45, 7) is 2.62. The number of amides is 2.